The van der Waals surface area contributed by atoms with E-state index < -0.39 is 0 Å². The van der Waals surface area contributed by atoms with Crippen LogP contribution in [0.1, 0.15) is 36.0 Å². The minimum absolute atomic E-state index is 0.112. The lowest BCUT2D eigenvalue weighted by Gasteiger charge is -2.28. The molecule has 1 aliphatic heterocycles. The van der Waals surface area contributed by atoms with Crippen LogP contribution in [0.4, 0.5) is 10.5 Å². The van der Waals surface area contributed by atoms with E-state index >= 15 is 0 Å². The van der Waals surface area contributed by atoms with Crippen LogP contribution < -0.4 is 10.2 Å². The highest BCUT2D eigenvalue weighted by molar-refractivity contribution is 5.73. The molecule has 1 N–H and O–H groups in total. The van der Waals surface area contributed by atoms with E-state index in [1.165, 1.54) is 24.9 Å². The average Bonchev–Trinajstić information content (AvgIpc) is 2.73. The smallest absolute Gasteiger partial charge is 0.317 e. The lowest BCUT2D eigenvalue weighted by molar-refractivity contribution is 0.206. The van der Waals surface area contributed by atoms with Crippen molar-refractivity contribution < 1.29 is 4.79 Å². The van der Waals surface area contributed by atoms with E-state index in [-0.39, 0.29) is 6.03 Å². The highest BCUT2D eigenvalue weighted by atomic mass is 16.2. The molecular formula is C22H26N4O. The summed E-state index contributed by atoms with van der Waals surface area (Å²) in [7, 11) is 1.77. The molecule has 2 aromatic rings. The first-order valence-corrected chi connectivity index (χ1v) is 9.47. The van der Waals surface area contributed by atoms with Crippen LogP contribution in [-0.4, -0.2) is 31.1 Å². The topological polar surface area (TPSA) is 59.4 Å². The standard InChI is InChI=1S/C22H26N4O/c1-25(17-20-7-5-18(15-23)6-8-20)22(27)24-16-19-9-11-21(12-10-19)26-13-3-2-4-14-26/h5-12H,2-4,13-14,16-17H2,1H3,(H,24,27). The van der Waals surface area contributed by atoms with Crippen molar-refractivity contribution in [1.82, 2.24) is 10.2 Å². The monoisotopic (exact) mass is 362 g/mol. The summed E-state index contributed by atoms with van der Waals surface area (Å²) < 4.78 is 0. The van der Waals surface area contributed by atoms with Crippen molar-refractivity contribution in [2.24, 2.45) is 0 Å². The largest absolute Gasteiger partial charge is 0.372 e. The predicted octanol–water partition coefficient (Wildman–Crippen LogP) is 3.89. The highest BCUT2D eigenvalue weighted by Gasteiger charge is 2.11. The summed E-state index contributed by atoms with van der Waals surface area (Å²) >= 11 is 0. The van der Waals surface area contributed by atoms with E-state index in [4.69, 9.17) is 5.26 Å². The van der Waals surface area contributed by atoms with Gasteiger partial charge in [0.05, 0.1) is 11.6 Å². The van der Waals surface area contributed by atoms with Crippen LogP contribution in [0, 0.1) is 11.3 Å². The second-order valence-electron chi connectivity index (χ2n) is 7.04. The van der Waals surface area contributed by atoms with Gasteiger partial charge in [0.2, 0.25) is 0 Å². The number of hydrogen-bond acceptors (Lipinski definition) is 3. The van der Waals surface area contributed by atoms with Gasteiger partial charge in [-0.1, -0.05) is 24.3 Å². The molecule has 1 saturated heterocycles. The third kappa shape index (κ3) is 5.24. The Bertz CT molecular complexity index is 787. The van der Waals surface area contributed by atoms with E-state index in [2.05, 4.69) is 40.6 Å². The van der Waals surface area contributed by atoms with Crippen molar-refractivity contribution >= 4 is 11.7 Å². The zero-order valence-electron chi connectivity index (χ0n) is 15.8. The van der Waals surface area contributed by atoms with Crippen LogP contribution in [0.2, 0.25) is 0 Å². The second kappa shape index (κ2) is 9.09. The van der Waals surface area contributed by atoms with Gasteiger partial charge in [0, 0.05) is 38.9 Å². The summed E-state index contributed by atoms with van der Waals surface area (Å²) in [6, 6.07) is 17.7. The van der Waals surface area contributed by atoms with Gasteiger partial charge in [-0.25, -0.2) is 4.79 Å². The molecule has 0 aliphatic carbocycles. The van der Waals surface area contributed by atoms with E-state index in [0.29, 0.717) is 18.7 Å². The summed E-state index contributed by atoms with van der Waals surface area (Å²) in [5, 5.41) is 11.8. The van der Waals surface area contributed by atoms with Crippen molar-refractivity contribution in [3.8, 4) is 6.07 Å². The number of nitriles is 1. The molecule has 3 rings (SSSR count). The Labute approximate surface area is 161 Å². The maximum atomic E-state index is 12.3. The molecule has 0 radical (unpaired) electrons. The molecule has 5 heteroatoms. The predicted molar refractivity (Wildman–Crippen MR) is 107 cm³/mol. The van der Waals surface area contributed by atoms with Gasteiger partial charge in [-0.05, 0) is 54.7 Å². The zero-order valence-corrected chi connectivity index (χ0v) is 15.8. The van der Waals surface area contributed by atoms with E-state index in [1.54, 1.807) is 24.1 Å². The molecule has 1 heterocycles. The molecule has 0 bridgehead atoms. The van der Waals surface area contributed by atoms with E-state index in [0.717, 1.165) is 24.2 Å². The molecule has 0 atom stereocenters. The average molecular weight is 362 g/mol. The fraction of sp³-hybridized carbons (Fsp3) is 0.364. The maximum absolute atomic E-state index is 12.3. The van der Waals surface area contributed by atoms with Gasteiger partial charge < -0.3 is 15.1 Å². The molecule has 2 amide bonds. The molecule has 2 aromatic carbocycles. The number of rotatable bonds is 5. The van der Waals surface area contributed by atoms with Crippen LogP contribution in [0.25, 0.3) is 0 Å². The number of nitrogens with zero attached hydrogens (tertiary/aromatic N) is 3. The number of amides is 2. The number of carbonyl (C=O) groups is 1. The minimum Gasteiger partial charge on any atom is -0.372 e. The first-order valence-electron chi connectivity index (χ1n) is 9.47. The van der Waals surface area contributed by atoms with Crippen LogP contribution in [0.5, 0.6) is 0 Å². The molecule has 0 unspecified atom stereocenters. The van der Waals surface area contributed by atoms with Crippen molar-refractivity contribution in [3.05, 3.63) is 65.2 Å². The number of benzene rings is 2. The molecular weight excluding hydrogens is 336 g/mol. The molecule has 140 valence electrons. The summed E-state index contributed by atoms with van der Waals surface area (Å²) in [5.74, 6) is 0. The third-order valence-electron chi connectivity index (χ3n) is 4.95. The number of piperidine rings is 1. The van der Waals surface area contributed by atoms with Crippen LogP contribution in [0.15, 0.2) is 48.5 Å². The van der Waals surface area contributed by atoms with Crippen molar-refractivity contribution in [2.45, 2.75) is 32.4 Å². The Morgan fingerprint density at radius 2 is 1.67 bits per heavy atom. The van der Waals surface area contributed by atoms with Crippen LogP contribution >= 0.6 is 0 Å². The number of carbonyl (C=O) groups excluding carboxylic acids is 1. The molecule has 5 nitrogen and oxygen atoms in total. The fourth-order valence-electron chi connectivity index (χ4n) is 3.32. The lowest BCUT2D eigenvalue weighted by Crippen LogP contribution is -2.36. The van der Waals surface area contributed by atoms with Crippen molar-refractivity contribution in [3.63, 3.8) is 0 Å². The molecule has 0 spiro atoms. The van der Waals surface area contributed by atoms with E-state index in [9.17, 15) is 4.79 Å². The Morgan fingerprint density at radius 3 is 2.30 bits per heavy atom. The van der Waals surface area contributed by atoms with E-state index in [1.807, 2.05) is 12.1 Å². The Morgan fingerprint density at radius 1 is 1.04 bits per heavy atom. The quantitative estimate of drug-likeness (QED) is 0.878. The Hall–Kier alpha value is -3.00. The summed E-state index contributed by atoms with van der Waals surface area (Å²) in [4.78, 5) is 16.4. The number of hydrogen-bond donors (Lipinski definition) is 1. The summed E-state index contributed by atoms with van der Waals surface area (Å²) in [6.07, 6.45) is 3.86. The van der Waals surface area contributed by atoms with Crippen LogP contribution in [0.3, 0.4) is 0 Å². The highest BCUT2D eigenvalue weighted by Crippen LogP contribution is 2.20. The fourth-order valence-corrected chi connectivity index (χ4v) is 3.32. The normalized spacial score (nSPS) is 13.7. The SMILES string of the molecule is CN(Cc1ccc(C#N)cc1)C(=O)NCc1ccc(N2CCCCC2)cc1. The van der Waals surface area contributed by atoms with Gasteiger partial charge in [0.25, 0.3) is 0 Å². The maximum Gasteiger partial charge on any atom is 0.317 e. The lowest BCUT2D eigenvalue weighted by atomic mass is 10.1. The van der Waals surface area contributed by atoms with Crippen molar-refractivity contribution in [2.75, 3.05) is 25.0 Å². The van der Waals surface area contributed by atoms with Gasteiger partial charge >= 0.3 is 6.03 Å². The van der Waals surface area contributed by atoms with Gasteiger partial charge in [-0.2, -0.15) is 5.26 Å². The summed E-state index contributed by atoms with van der Waals surface area (Å²) in [5.41, 5.74) is 3.98. The van der Waals surface area contributed by atoms with Gasteiger partial charge in [0.1, 0.15) is 0 Å². The molecule has 0 saturated carbocycles. The number of nitrogens with one attached hydrogen (secondary N) is 1. The number of urea groups is 1. The Kier molecular flexibility index (Phi) is 6.32. The van der Waals surface area contributed by atoms with Gasteiger partial charge in [-0.3, -0.25) is 0 Å². The molecule has 0 aromatic heterocycles. The van der Waals surface area contributed by atoms with Gasteiger partial charge in [0.15, 0.2) is 0 Å². The zero-order chi connectivity index (χ0) is 19.1. The first-order chi connectivity index (χ1) is 13.2. The molecule has 1 aliphatic rings. The second-order valence-corrected chi connectivity index (χ2v) is 7.04. The van der Waals surface area contributed by atoms with Crippen molar-refractivity contribution in [1.29, 1.82) is 5.26 Å². The third-order valence-corrected chi connectivity index (χ3v) is 4.95. The minimum atomic E-state index is -0.112. The summed E-state index contributed by atoms with van der Waals surface area (Å²) in [6.45, 7) is 3.29. The Balaban J connectivity index is 1.48. The number of anilines is 1. The molecule has 1 fully saturated rings. The van der Waals surface area contributed by atoms with Gasteiger partial charge in [-0.15, -0.1) is 0 Å². The first kappa shape index (κ1) is 18.8. The molecule has 27 heavy (non-hydrogen) atoms. The van der Waals surface area contributed by atoms with Crippen LogP contribution in [-0.2, 0) is 13.1 Å².